The van der Waals surface area contributed by atoms with Gasteiger partial charge in [-0.05, 0) is 43.0 Å². The molecule has 5 nitrogen and oxygen atoms in total. The van der Waals surface area contributed by atoms with E-state index in [1.807, 2.05) is 23.1 Å². The summed E-state index contributed by atoms with van der Waals surface area (Å²) in [5.74, 6) is 0. The molecule has 0 unspecified atom stereocenters. The Morgan fingerprint density at radius 2 is 1.89 bits per heavy atom. The molecule has 0 saturated carbocycles. The predicted octanol–water partition coefficient (Wildman–Crippen LogP) is 3.66. The predicted molar refractivity (Wildman–Crippen MR) is 107 cm³/mol. The molecule has 1 aliphatic rings. The van der Waals surface area contributed by atoms with Crippen LogP contribution < -0.4 is 10.5 Å². The van der Waals surface area contributed by atoms with Crippen molar-refractivity contribution in [3.05, 3.63) is 63.0 Å². The van der Waals surface area contributed by atoms with E-state index in [0.717, 1.165) is 18.4 Å². The van der Waals surface area contributed by atoms with Gasteiger partial charge >= 0.3 is 0 Å². The summed E-state index contributed by atoms with van der Waals surface area (Å²) in [5, 5.41) is 21.2. The van der Waals surface area contributed by atoms with E-state index in [1.54, 1.807) is 22.9 Å². The number of aryl methyl sites for hydroxylation is 1. The molecule has 2 heterocycles. The van der Waals surface area contributed by atoms with Crippen molar-refractivity contribution < 1.29 is 5.11 Å². The van der Waals surface area contributed by atoms with Crippen molar-refractivity contribution >= 4 is 17.3 Å². The molecule has 6 heteroatoms. The summed E-state index contributed by atoms with van der Waals surface area (Å²) >= 11 is 5.94. The van der Waals surface area contributed by atoms with Crippen molar-refractivity contribution in [2.24, 2.45) is 0 Å². The van der Waals surface area contributed by atoms with Crippen molar-refractivity contribution in [3.8, 4) is 6.07 Å². The fourth-order valence-electron chi connectivity index (χ4n) is 3.60. The molecule has 0 atom stereocenters. The van der Waals surface area contributed by atoms with Crippen molar-refractivity contribution in [1.29, 1.82) is 5.26 Å². The molecule has 27 heavy (non-hydrogen) atoms. The number of aromatic nitrogens is 1. The molecular weight excluding hydrogens is 362 g/mol. The molecule has 3 rings (SSSR count). The van der Waals surface area contributed by atoms with E-state index < -0.39 is 5.60 Å². The molecule has 1 aliphatic heterocycles. The molecule has 1 aromatic carbocycles. The van der Waals surface area contributed by atoms with Crippen LogP contribution in [0.3, 0.4) is 0 Å². The Labute approximate surface area is 164 Å². The first-order chi connectivity index (χ1) is 13.0. The number of hydrogen-bond acceptors (Lipinski definition) is 4. The van der Waals surface area contributed by atoms with Crippen molar-refractivity contribution in [2.45, 2.75) is 44.8 Å². The second-order valence-corrected chi connectivity index (χ2v) is 7.50. The molecule has 0 bridgehead atoms. The molecule has 1 aromatic heterocycles. The van der Waals surface area contributed by atoms with Gasteiger partial charge in [0.25, 0.3) is 5.56 Å². The van der Waals surface area contributed by atoms with Gasteiger partial charge in [0, 0.05) is 30.9 Å². The lowest BCUT2D eigenvalue weighted by Crippen LogP contribution is -2.43. The zero-order valence-electron chi connectivity index (χ0n) is 15.5. The Bertz CT molecular complexity index is 891. The monoisotopic (exact) mass is 385 g/mol. The van der Waals surface area contributed by atoms with Gasteiger partial charge in [-0.15, -0.1) is 0 Å². The standard InChI is InChI=1S/C21H24ClN3O2/c1-2-3-11-25-12-8-19(18(15-23)20(25)26)24-13-9-21(27,10-14-24)16-4-6-17(22)7-5-16/h4-8,12,27H,2-3,9-11,13-14H2,1H3. The van der Waals surface area contributed by atoms with E-state index in [1.165, 1.54) is 0 Å². The summed E-state index contributed by atoms with van der Waals surface area (Å²) in [6.45, 7) is 3.85. The Morgan fingerprint density at radius 1 is 1.22 bits per heavy atom. The number of aliphatic hydroxyl groups is 1. The van der Waals surface area contributed by atoms with Crippen LogP contribution in [0.4, 0.5) is 5.69 Å². The van der Waals surface area contributed by atoms with Gasteiger partial charge in [-0.2, -0.15) is 5.26 Å². The number of nitrogens with zero attached hydrogens (tertiary/aromatic N) is 3. The normalized spacial score (nSPS) is 16.1. The van der Waals surface area contributed by atoms with Gasteiger partial charge in [0.05, 0.1) is 11.3 Å². The number of hydrogen-bond donors (Lipinski definition) is 1. The van der Waals surface area contributed by atoms with Crippen LogP contribution in [-0.2, 0) is 12.1 Å². The number of benzene rings is 1. The van der Waals surface area contributed by atoms with Crippen LogP contribution >= 0.6 is 11.6 Å². The number of pyridine rings is 1. The first-order valence-electron chi connectivity index (χ1n) is 9.35. The minimum atomic E-state index is -0.913. The van der Waals surface area contributed by atoms with Crippen LogP contribution in [0.25, 0.3) is 0 Å². The third kappa shape index (κ3) is 4.02. The summed E-state index contributed by atoms with van der Waals surface area (Å²) in [6.07, 6.45) is 4.72. The molecule has 1 N–H and O–H groups in total. The quantitative estimate of drug-likeness (QED) is 0.852. The van der Waals surface area contributed by atoms with E-state index in [0.29, 0.717) is 43.2 Å². The fraction of sp³-hybridized carbons (Fsp3) is 0.429. The van der Waals surface area contributed by atoms with E-state index >= 15 is 0 Å². The second kappa shape index (κ2) is 8.16. The molecule has 2 aromatic rings. The van der Waals surface area contributed by atoms with Gasteiger partial charge in [0.1, 0.15) is 11.6 Å². The number of nitriles is 1. The van der Waals surface area contributed by atoms with Crippen LogP contribution in [0.5, 0.6) is 0 Å². The minimum Gasteiger partial charge on any atom is -0.385 e. The molecule has 0 radical (unpaired) electrons. The Kier molecular flexibility index (Phi) is 5.88. The number of unbranched alkanes of at least 4 members (excludes halogenated alkanes) is 1. The molecule has 142 valence electrons. The maximum absolute atomic E-state index is 12.6. The lowest BCUT2D eigenvalue weighted by Gasteiger charge is -2.39. The minimum absolute atomic E-state index is 0.186. The summed E-state index contributed by atoms with van der Waals surface area (Å²) in [7, 11) is 0. The van der Waals surface area contributed by atoms with Gasteiger partial charge in [-0.3, -0.25) is 4.79 Å². The van der Waals surface area contributed by atoms with Crippen LogP contribution in [0.2, 0.25) is 5.02 Å². The Balaban J connectivity index is 1.80. The highest BCUT2D eigenvalue weighted by Gasteiger charge is 2.34. The largest absolute Gasteiger partial charge is 0.385 e. The maximum Gasteiger partial charge on any atom is 0.270 e. The summed E-state index contributed by atoms with van der Waals surface area (Å²) in [6, 6.07) is 11.2. The Morgan fingerprint density at radius 3 is 2.48 bits per heavy atom. The average Bonchev–Trinajstić information content (AvgIpc) is 2.68. The highest BCUT2D eigenvalue weighted by molar-refractivity contribution is 6.30. The highest BCUT2D eigenvalue weighted by atomic mass is 35.5. The van der Waals surface area contributed by atoms with Crippen LogP contribution in [0, 0.1) is 11.3 Å². The molecule has 0 aliphatic carbocycles. The third-order valence-electron chi connectivity index (χ3n) is 5.32. The smallest absolute Gasteiger partial charge is 0.270 e. The number of rotatable bonds is 5. The van der Waals surface area contributed by atoms with Gasteiger partial charge < -0.3 is 14.6 Å². The summed E-state index contributed by atoms with van der Waals surface area (Å²) in [4.78, 5) is 14.6. The topological polar surface area (TPSA) is 69.3 Å². The van der Waals surface area contributed by atoms with E-state index in [9.17, 15) is 15.2 Å². The van der Waals surface area contributed by atoms with Crippen LogP contribution in [-0.4, -0.2) is 22.8 Å². The second-order valence-electron chi connectivity index (χ2n) is 7.07. The summed E-state index contributed by atoms with van der Waals surface area (Å²) < 4.78 is 1.61. The van der Waals surface area contributed by atoms with E-state index in [4.69, 9.17) is 11.6 Å². The van der Waals surface area contributed by atoms with Crippen molar-refractivity contribution in [3.63, 3.8) is 0 Å². The van der Waals surface area contributed by atoms with Gasteiger partial charge in [0.2, 0.25) is 0 Å². The SMILES string of the molecule is CCCCn1ccc(N2CCC(O)(c3ccc(Cl)cc3)CC2)c(C#N)c1=O. The van der Waals surface area contributed by atoms with Crippen LogP contribution in [0.1, 0.15) is 43.7 Å². The number of piperidine rings is 1. The zero-order chi connectivity index (χ0) is 19.4. The molecule has 1 saturated heterocycles. The van der Waals surface area contributed by atoms with Gasteiger partial charge in [0.15, 0.2) is 0 Å². The van der Waals surface area contributed by atoms with Gasteiger partial charge in [-0.25, -0.2) is 0 Å². The number of anilines is 1. The van der Waals surface area contributed by atoms with E-state index in [2.05, 4.69) is 13.0 Å². The average molecular weight is 386 g/mol. The third-order valence-corrected chi connectivity index (χ3v) is 5.57. The molecule has 0 spiro atoms. The maximum atomic E-state index is 12.6. The van der Waals surface area contributed by atoms with Gasteiger partial charge in [-0.1, -0.05) is 37.1 Å². The van der Waals surface area contributed by atoms with Crippen molar-refractivity contribution in [1.82, 2.24) is 4.57 Å². The lowest BCUT2D eigenvalue weighted by molar-refractivity contribution is 0.0118. The number of halogens is 1. The van der Waals surface area contributed by atoms with Crippen LogP contribution in [0.15, 0.2) is 41.3 Å². The van der Waals surface area contributed by atoms with Crippen molar-refractivity contribution in [2.75, 3.05) is 18.0 Å². The zero-order valence-corrected chi connectivity index (χ0v) is 16.2. The highest BCUT2D eigenvalue weighted by Crippen LogP contribution is 2.35. The first kappa shape index (κ1) is 19.5. The fourth-order valence-corrected chi connectivity index (χ4v) is 3.73. The van der Waals surface area contributed by atoms with E-state index in [-0.39, 0.29) is 11.1 Å². The molecular formula is C21H24ClN3O2. The molecule has 1 fully saturated rings. The summed E-state index contributed by atoms with van der Waals surface area (Å²) in [5.41, 5.74) is 0.548. The first-order valence-corrected chi connectivity index (χ1v) is 9.73. The Hall–Kier alpha value is -2.29. The lowest BCUT2D eigenvalue weighted by atomic mass is 9.84. The molecule has 0 amide bonds.